The van der Waals surface area contributed by atoms with Crippen LogP contribution in [0.15, 0.2) is 16.9 Å². The average molecular weight is 218 g/mol. The van der Waals surface area contributed by atoms with Gasteiger partial charge >= 0.3 is 6.09 Å². The monoisotopic (exact) mass is 217 g/mol. The van der Waals surface area contributed by atoms with Gasteiger partial charge in [-0.2, -0.15) is 0 Å². The lowest BCUT2D eigenvalue weighted by molar-refractivity contribution is 0.0636. The number of rotatable bonds is 1. The van der Waals surface area contributed by atoms with Crippen LogP contribution in [-0.2, 0) is 4.74 Å². The minimum Gasteiger partial charge on any atom is -0.469 e. The normalized spacial score (nSPS) is 11.1. The van der Waals surface area contributed by atoms with Crippen molar-refractivity contribution in [2.45, 2.75) is 26.4 Å². The van der Waals surface area contributed by atoms with Gasteiger partial charge in [0.1, 0.15) is 28.8 Å². The van der Waals surface area contributed by atoms with Crippen molar-refractivity contribution in [3.63, 3.8) is 0 Å². The minimum absolute atomic E-state index is 0.343. The van der Waals surface area contributed by atoms with Crippen molar-refractivity contribution in [1.82, 2.24) is 0 Å². The fourth-order valence-electron chi connectivity index (χ4n) is 0.784. The topological polar surface area (TPSA) is 51.5 Å². The summed E-state index contributed by atoms with van der Waals surface area (Å²) in [4.78, 5) is 11.2. The first-order valence-electron chi connectivity index (χ1n) is 4.10. The van der Waals surface area contributed by atoms with Crippen molar-refractivity contribution in [2.24, 2.45) is 0 Å². The van der Waals surface area contributed by atoms with Gasteiger partial charge in [-0.15, -0.1) is 0 Å². The number of anilines is 1. The second-order valence-electron chi connectivity index (χ2n) is 3.76. The Hall–Kier alpha value is -1.16. The molecule has 4 nitrogen and oxygen atoms in total. The lowest BCUT2D eigenvalue weighted by Crippen LogP contribution is -2.27. The molecule has 0 bridgehead atoms. The zero-order valence-electron chi connectivity index (χ0n) is 8.26. The van der Waals surface area contributed by atoms with Crippen LogP contribution in [-0.4, -0.2) is 11.7 Å². The van der Waals surface area contributed by atoms with E-state index < -0.39 is 11.7 Å². The molecule has 0 radical (unpaired) electrons. The van der Waals surface area contributed by atoms with Crippen molar-refractivity contribution in [3.8, 4) is 0 Å². The predicted octanol–water partition coefficient (Wildman–Crippen LogP) is 3.28. The van der Waals surface area contributed by atoms with Crippen LogP contribution in [0.2, 0.25) is 5.02 Å². The first-order chi connectivity index (χ1) is 6.38. The summed E-state index contributed by atoms with van der Waals surface area (Å²) in [7, 11) is 0. The van der Waals surface area contributed by atoms with Crippen LogP contribution in [0.25, 0.3) is 0 Å². The third-order valence-corrected chi connectivity index (χ3v) is 1.54. The van der Waals surface area contributed by atoms with Crippen molar-refractivity contribution >= 4 is 23.4 Å². The van der Waals surface area contributed by atoms with Gasteiger partial charge in [0.05, 0.1) is 0 Å². The number of hydrogen-bond donors (Lipinski definition) is 1. The van der Waals surface area contributed by atoms with Gasteiger partial charge in [-0.1, -0.05) is 11.6 Å². The molecule has 0 spiro atoms. The molecule has 0 fully saturated rings. The van der Waals surface area contributed by atoms with Crippen molar-refractivity contribution < 1.29 is 13.9 Å². The second kappa shape index (κ2) is 3.92. The molecule has 0 aliphatic carbocycles. The Balaban J connectivity index is 2.54. The fraction of sp³-hybridized carbons (Fsp3) is 0.444. The molecule has 0 atom stereocenters. The average Bonchev–Trinajstić information content (AvgIpc) is 2.32. The van der Waals surface area contributed by atoms with E-state index in [-0.39, 0.29) is 0 Å². The summed E-state index contributed by atoms with van der Waals surface area (Å²) in [5.74, 6) is 0. The second-order valence-corrected chi connectivity index (χ2v) is 4.17. The maximum atomic E-state index is 11.2. The minimum atomic E-state index is -0.555. The Morgan fingerprint density at radius 2 is 2.14 bits per heavy atom. The molecule has 1 heterocycles. The first-order valence-corrected chi connectivity index (χ1v) is 4.48. The van der Waals surface area contributed by atoms with Crippen molar-refractivity contribution in [3.05, 3.63) is 17.5 Å². The summed E-state index contributed by atoms with van der Waals surface area (Å²) in [5.41, 5.74) is -0.124. The van der Waals surface area contributed by atoms with Gasteiger partial charge in [0.25, 0.3) is 0 Å². The van der Waals surface area contributed by atoms with Gasteiger partial charge in [-0.05, 0) is 20.8 Å². The van der Waals surface area contributed by atoms with E-state index in [4.69, 9.17) is 20.8 Å². The fourth-order valence-corrected chi connectivity index (χ4v) is 0.928. The Labute approximate surface area is 87.2 Å². The molecule has 1 aromatic rings. The van der Waals surface area contributed by atoms with E-state index in [0.717, 1.165) is 0 Å². The molecule has 0 saturated heterocycles. The molecule has 5 heteroatoms. The van der Waals surface area contributed by atoms with E-state index in [1.807, 2.05) is 0 Å². The summed E-state index contributed by atoms with van der Waals surface area (Å²) < 4.78 is 9.79. The van der Waals surface area contributed by atoms with Gasteiger partial charge in [0.15, 0.2) is 0 Å². The first kappa shape index (κ1) is 10.9. The molecule has 0 aliphatic rings. The van der Waals surface area contributed by atoms with E-state index in [0.29, 0.717) is 10.7 Å². The summed E-state index contributed by atoms with van der Waals surface area (Å²) in [5, 5.41) is 2.80. The molecule has 1 aromatic heterocycles. The van der Waals surface area contributed by atoms with Crippen molar-refractivity contribution in [1.29, 1.82) is 0 Å². The molecule has 0 aliphatic heterocycles. The number of carbonyl (C=O) groups is 1. The van der Waals surface area contributed by atoms with Gasteiger partial charge in [-0.3, -0.25) is 5.32 Å². The Kier molecular flexibility index (Phi) is 3.06. The van der Waals surface area contributed by atoms with Crippen LogP contribution in [0.4, 0.5) is 10.5 Å². The van der Waals surface area contributed by atoms with E-state index in [1.165, 1.54) is 12.5 Å². The molecule has 1 amide bonds. The van der Waals surface area contributed by atoms with Gasteiger partial charge < -0.3 is 9.15 Å². The number of amides is 1. The van der Waals surface area contributed by atoms with Crippen LogP contribution in [0.1, 0.15) is 20.8 Å². The number of carbonyl (C=O) groups excluding carboxylic acids is 1. The van der Waals surface area contributed by atoms with E-state index in [2.05, 4.69) is 5.32 Å². The van der Waals surface area contributed by atoms with Gasteiger partial charge in [-0.25, -0.2) is 4.79 Å². The maximum Gasteiger partial charge on any atom is 0.412 e. The van der Waals surface area contributed by atoms with Crippen molar-refractivity contribution in [2.75, 3.05) is 5.32 Å². The van der Waals surface area contributed by atoms with E-state index >= 15 is 0 Å². The molecule has 1 N–H and O–H groups in total. The number of halogens is 1. The molecule has 1 rings (SSSR count). The van der Waals surface area contributed by atoms with E-state index in [9.17, 15) is 4.79 Å². The lowest BCUT2D eigenvalue weighted by Gasteiger charge is -2.19. The summed E-state index contributed by atoms with van der Waals surface area (Å²) in [6.07, 6.45) is 2.11. The Morgan fingerprint density at radius 1 is 1.50 bits per heavy atom. The number of furan rings is 1. The molecule has 0 aromatic carbocycles. The molecule has 0 unspecified atom stereocenters. The third kappa shape index (κ3) is 3.30. The molecular formula is C9H12ClNO3. The molecule has 0 saturated carbocycles. The van der Waals surface area contributed by atoms with Crippen LogP contribution in [0.5, 0.6) is 0 Å². The largest absolute Gasteiger partial charge is 0.469 e. The van der Waals surface area contributed by atoms with Crippen LogP contribution in [0.3, 0.4) is 0 Å². The quantitative estimate of drug-likeness (QED) is 0.786. The Morgan fingerprint density at radius 3 is 2.57 bits per heavy atom. The van der Waals surface area contributed by atoms with E-state index in [1.54, 1.807) is 20.8 Å². The molecule has 78 valence electrons. The van der Waals surface area contributed by atoms with Gasteiger partial charge in [0.2, 0.25) is 0 Å². The SMILES string of the molecule is CC(C)(C)OC(=O)Nc1cocc1Cl. The molecular weight excluding hydrogens is 206 g/mol. The predicted molar refractivity (Wildman–Crippen MR) is 53.6 cm³/mol. The summed E-state index contributed by atoms with van der Waals surface area (Å²) >= 11 is 5.69. The maximum absolute atomic E-state index is 11.2. The smallest absolute Gasteiger partial charge is 0.412 e. The standard InChI is InChI=1S/C9H12ClNO3/c1-9(2,3)14-8(12)11-7-5-13-4-6(7)10/h4-5H,1-3H3,(H,11,12). The number of nitrogens with one attached hydrogen (secondary N) is 1. The summed E-state index contributed by atoms with van der Waals surface area (Å²) in [6.45, 7) is 5.34. The highest BCUT2D eigenvalue weighted by Crippen LogP contribution is 2.22. The van der Waals surface area contributed by atoms with Crippen LogP contribution < -0.4 is 5.32 Å². The Bertz CT molecular complexity index is 327. The zero-order chi connectivity index (χ0) is 10.8. The lowest BCUT2D eigenvalue weighted by atomic mass is 10.2. The number of ether oxygens (including phenoxy) is 1. The molecule has 14 heavy (non-hydrogen) atoms. The highest BCUT2D eigenvalue weighted by atomic mass is 35.5. The number of hydrogen-bond acceptors (Lipinski definition) is 3. The summed E-state index contributed by atoms with van der Waals surface area (Å²) in [6, 6.07) is 0. The zero-order valence-corrected chi connectivity index (χ0v) is 9.01. The third-order valence-electron chi connectivity index (χ3n) is 1.25. The van der Waals surface area contributed by atoms with Crippen LogP contribution >= 0.6 is 11.6 Å². The van der Waals surface area contributed by atoms with Crippen LogP contribution in [0, 0.1) is 0 Å². The highest BCUT2D eigenvalue weighted by Gasteiger charge is 2.17. The van der Waals surface area contributed by atoms with Gasteiger partial charge in [0, 0.05) is 0 Å². The highest BCUT2D eigenvalue weighted by molar-refractivity contribution is 6.33.